The Bertz CT molecular complexity index is 704. The Morgan fingerprint density at radius 3 is 2.76 bits per heavy atom. The zero-order valence-corrected chi connectivity index (χ0v) is 15.7. The van der Waals surface area contributed by atoms with Crippen LogP contribution in [0.1, 0.15) is 38.2 Å². The van der Waals surface area contributed by atoms with Crippen molar-refractivity contribution < 1.29 is 18.8 Å². The maximum Gasteiger partial charge on any atom is 0.410 e. The van der Waals surface area contributed by atoms with Gasteiger partial charge in [-0.25, -0.2) is 4.79 Å². The molecule has 0 aromatic carbocycles. The molecule has 0 aliphatic carbocycles. The summed E-state index contributed by atoms with van der Waals surface area (Å²) >= 11 is 1.51. The quantitative estimate of drug-likeness (QED) is 0.848. The van der Waals surface area contributed by atoms with Gasteiger partial charge < -0.3 is 19.5 Å². The molecule has 2 aromatic rings. The van der Waals surface area contributed by atoms with Crippen molar-refractivity contribution >= 4 is 23.3 Å². The molecular weight excluding hydrogens is 342 g/mol. The van der Waals surface area contributed by atoms with Gasteiger partial charge in [0.2, 0.25) is 0 Å². The summed E-state index contributed by atoms with van der Waals surface area (Å²) < 4.78 is 10.5. The second kappa shape index (κ2) is 8.15. The third-order valence-corrected chi connectivity index (χ3v) is 4.09. The summed E-state index contributed by atoms with van der Waals surface area (Å²) in [6.07, 6.45) is -0.398. The minimum atomic E-state index is -0.549. The van der Waals surface area contributed by atoms with Crippen LogP contribution in [-0.2, 0) is 4.74 Å². The highest BCUT2D eigenvalue weighted by Crippen LogP contribution is 2.24. The van der Waals surface area contributed by atoms with E-state index in [1.807, 2.05) is 45.2 Å². The highest BCUT2D eigenvalue weighted by Gasteiger charge is 2.21. The van der Waals surface area contributed by atoms with Crippen LogP contribution in [0.4, 0.5) is 4.79 Å². The van der Waals surface area contributed by atoms with E-state index in [1.165, 1.54) is 16.2 Å². The lowest BCUT2D eigenvalue weighted by molar-refractivity contribution is 0.0260. The molecule has 0 radical (unpaired) electrons. The van der Waals surface area contributed by atoms with Crippen molar-refractivity contribution in [2.24, 2.45) is 0 Å². The van der Waals surface area contributed by atoms with Crippen LogP contribution in [0.3, 0.4) is 0 Å². The predicted molar refractivity (Wildman–Crippen MR) is 95.6 cm³/mol. The Morgan fingerprint density at radius 2 is 2.16 bits per heavy atom. The number of rotatable bonds is 6. The molecule has 7 nitrogen and oxygen atoms in total. The first-order chi connectivity index (χ1) is 11.8. The number of carbonyl (C=O) groups is 2. The monoisotopic (exact) mass is 365 g/mol. The lowest BCUT2D eigenvalue weighted by atomic mass is 10.2. The van der Waals surface area contributed by atoms with E-state index < -0.39 is 11.7 Å². The molecule has 2 aromatic heterocycles. The molecule has 136 valence electrons. The number of ether oxygens (including phenoxy) is 1. The van der Waals surface area contributed by atoms with Crippen LogP contribution >= 0.6 is 11.3 Å². The fourth-order valence-electron chi connectivity index (χ4n) is 2.02. The van der Waals surface area contributed by atoms with Gasteiger partial charge in [0.05, 0.1) is 4.88 Å². The van der Waals surface area contributed by atoms with E-state index in [-0.39, 0.29) is 11.6 Å². The summed E-state index contributed by atoms with van der Waals surface area (Å²) in [5, 5.41) is 8.44. The number of hydrogen-bond donors (Lipinski definition) is 1. The van der Waals surface area contributed by atoms with Gasteiger partial charge in [-0.3, -0.25) is 4.79 Å². The molecule has 0 aliphatic rings. The maximum atomic E-state index is 12.1. The highest BCUT2D eigenvalue weighted by atomic mass is 32.1. The van der Waals surface area contributed by atoms with Crippen LogP contribution in [-0.4, -0.2) is 47.3 Å². The predicted octanol–water partition coefficient (Wildman–Crippen LogP) is 3.39. The van der Waals surface area contributed by atoms with Gasteiger partial charge in [0.15, 0.2) is 11.5 Å². The number of carbonyl (C=O) groups excluding carboxylic acids is 2. The van der Waals surface area contributed by atoms with Gasteiger partial charge >= 0.3 is 6.09 Å². The fourth-order valence-corrected chi connectivity index (χ4v) is 2.69. The topological polar surface area (TPSA) is 84.7 Å². The first kappa shape index (κ1) is 19.0. The van der Waals surface area contributed by atoms with Crippen molar-refractivity contribution in [1.82, 2.24) is 15.4 Å². The van der Waals surface area contributed by atoms with Gasteiger partial charge in [-0.2, -0.15) is 0 Å². The summed E-state index contributed by atoms with van der Waals surface area (Å²) in [7, 11) is 0. The molecule has 25 heavy (non-hydrogen) atoms. The molecule has 0 aliphatic heterocycles. The van der Waals surface area contributed by atoms with Crippen LogP contribution in [0.25, 0.3) is 10.6 Å². The molecule has 8 heteroatoms. The lowest BCUT2D eigenvalue weighted by Crippen LogP contribution is -2.41. The van der Waals surface area contributed by atoms with Crippen LogP contribution in [0, 0.1) is 0 Å². The van der Waals surface area contributed by atoms with E-state index in [0.717, 1.165) is 4.88 Å². The van der Waals surface area contributed by atoms with Crippen LogP contribution in [0.5, 0.6) is 0 Å². The Kier molecular flexibility index (Phi) is 6.19. The molecule has 0 atom stereocenters. The Hall–Kier alpha value is -2.35. The molecule has 0 bridgehead atoms. The van der Waals surface area contributed by atoms with Crippen LogP contribution in [0.2, 0.25) is 0 Å². The molecule has 0 fully saturated rings. The Balaban J connectivity index is 1.84. The third-order valence-electron chi connectivity index (χ3n) is 3.21. The first-order valence-corrected chi connectivity index (χ1v) is 8.95. The number of aromatic nitrogens is 1. The average molecular weight is 365 g/mol. The van der Waals surface area contributed by atoms with Crippen LogP contribution in [0.15, 0.2) is 28.1 Å². The minimum absolute atomic E-state index is 0.212. The molecule has 2 amide bonds. The summed E-state index contributed by atoms with van der Waals surface area (Å²) in [6.45, 7) is 8.46. The molecule has 2 heterocycles. The van der Waals surface area contributed by atoms with E-state index >= 15 is 0 Å². The normalized spacial score (nSPS) is 11.2. The fraction of sp³-hybridized carbons (Fsp3) is 0.471. The average Bonchev–Trinajstić information content (AvgIpc) is 3.19. The van der Waals surface area contributed by atoms with E-state index in [4.69, 9.17) is 9.26 Å². The van der Waals surface area contributed by atoms with Crippen LogP contribution < -0.4 is 5.32 Å². The number of hydrogen-bond acceptors (Lipinski definition) is 6. The number of nitrogens with one attached hydrogen (secondary N) is 1. The third kappa shape index (κ3) is 5.60. The standard InChI is InChI=1S/C17H23N3O4S/c1-5-20(16(22)23-17(2,3)4)9-8-18-15(21)12-11-13(24-19-12)14-7-6-10-25-14/h6-7,10-11H,5,8-9H2,1-4H3,(H,18,21). The Morgan fingerprint density at radius 1 is 1.40 bits per heavy atom. The summed E-state index contributed by atoms with van der Waals surface area (Å²) in [4.78, 5) is 26.6. The number of amides is 2. The van der Waals surface area contributed by atoms with E-state index in [9.17, 15) is 9.59 Å². The number of likely N-dealkylation sites (N-methyl/N-ethyl adjacent to an activating group) is 1. The van der Waals surface area contributed by atoms with E-state index in [0.29, 0.717) is 25.4 Å². The van der Waals surface area contributed by atoms with Crippen molar-refractivity contribution in [3.8, 4) is 10.6 Å². The van der Waals surface area contributed by atoms with Crippen molar-refractivity contribution in [3.05, 3.63) is 29.3 Å². The largest absolute Gasteiger partial charge is 0.444 e. The summed E-state index contributed by atoms with van der Waals surface area (Å²) in [6, 6.07) is 5.40. The zero-order valence-electron chi connectivity index (χ0n) is 14.9. The number of thiophene rings is 1. The summed E-state index contributed by atoms with van der Waals surface area (Å²) in [5.74, 6) is 0.218. The number of nitrogens with zero attached hydrogens (tertiary/aromatic N) is 2. The molecule has 2 rings (SSSR count). The van der Waals surface area contributed by atoms with Gasteiger partial charge in [0, 0.05) is 25.7 Å². The van der Waals surface area contributed by atoms with Gasteiger partial charge in [-0.05, 0) is 39.1 Å². The molecule has 0 spiro atoms. The lowest BCUT2D eigenvalue weighted by Gasteiger charge is -2.26. The van der Waals surface area contributed by atoms with Crippen molar-refractivity contribution in [2.45, 2.75) is 33.3 Å². The van der Waals surface area contributed by atoms with Crippen molar-refractivity contribution in [1.29, 1.82) is 0 Å². The Labute approximate surface area is 150 Å². The van der Waals surface area contributed by atoms with Crippen molar-refractivity contribution in [3.63, 3.8) is 0 Å². The molecule has 0 unspecified atom stereocenters. The SMILES string of the molecule is CCN(CCNC(=O)c1cc(-c2cccs2)on1)C(=O)OC(C)(C)C. The summed E-state index contributed by atoms with van der Waals surface area (Å²) in [5.41, 5.74) is -0.337. The van der Waals surface area contributed by atoms with Gasteiger partial charge in [-0.1, -0.05) is 11.2 Å². The zero-order chi connectivity index (χ0) is 18.4. The smallest absolute Gasteiger partial charge is 0.410 e. The maximum absolute atomic E-state index is 12.1. The first-order valence-electron chi connectivity index (χ1n) is 8.07. The van der Waals surface area contributed by atoms with E-state index in [2.05, 4.69) is 10.5 Å². The minimum Gasteiger partial charge on any atom is -0.444 e. The van der Waals surface area contributed by atoms with E-state index in [1.54, 1.807) is 6.07 Å². The van der Waals surface area contributed by atoms with Gasteiger partial charge in [0.1, 0.15) is 5.60 Å². The van der Waals surface area contributed by atoms with Crippen molar-refractivity contribution in [2.75, 3.05) is 19.6 Å². The highest BCUT2D eigenvalue weighted by molar-refractivity contribution is 7.13. The van der Waals surface area contributed by atoms with Gasteiger partial charge in [0.25, 0.3) is 5.91 Å². The molecular formula is C17H23N3O4S. The molecule has 0 saturated carbocycles. The molecule has 0 saturated heterocycles. The van der Waals surface area contributed by atoms with Gasteiger partial charge in [-0.15, -0.1) is 11.3 Å². The second-order valence-corrected chi connectivity index (χ2v) is 7.32. The molecule has 1 N–H and O–H groups in total. The second-order valence-electron chi connectivity index (χ2n) is 6.37.